The van der Waals surface area contributed by atoms with Crippen molar-refractivity contribution in [2.45, 2.75) is 11.3 Å². The summed E-state index contributed by atoms with van der Waals surface area (Å²) in [5, 5.41) is 14.1. The third-order valence-electron chi connectivity index (χ3n) is 4.95. The highest BCUT2D eigenvalue weighted by atomic mass is 35.5. The van der Waals surface area contributed by atoms with Crippen LogP contribution >= 0.6 is 23.4 Å². The summed E-state index contributed by atoms with van der Waals surface area (Å²) in [6.45, 7) is 0.738. The van der Waals surface area contributed by atoms with Gasteiger partial charge in [-0.1, -0.05) is 60.1 Å². The first-order valence-electron chi connectivity index (χ1n) is 9.38. The van der Waals surface area contributed by atoms with Crippen LogP contribution in [0, 0.1) is 11.3 Å². The predicted molar refractivity (Wildman–Crippen MR) is 123 cm³/mol. The van der Waals surface area contributed by atoms with Crippen molar-refractivity contribution in [3.63, 3.8) is 0 Å². The molecule has 0 amide bonds. The van der Waals surface area contributed by atoms with Crippen molar-refractivity contribution in [2.75, 3.05) is 18.1 Å². The van der Waals surface area contributed by atoms with Gasteiger partial charge in [0.2, 0.25) is 0 Å². The number of hydrogen-bond donors (Lipinski definition) is 1. The SMILES string of the molecule is CSc1ccc(-c2c(C#N)c3cccc(Cl)n3c2NCCc2ccccc2)cc1. The number of aromatic nitrogens is 1. The van der Waals surface area contributed by atoms with Gasteiger partial charge in [0, 0.05) is 17.0 Å². The Morgan fingerprint density at radius 1 is 1.00 bits per heavy atom. The fourth-order valence-corrected chi connectivity index (χ4v) is 4.21. The normalized spacial score (nSPS) is 10.8. The quantitative estimate of drug-likeness (QED) is 0.287. The Balaban J connectivity index is 1.80. The molecule has 2 aromatic carbocycles. The lowest BCUT2D eigenvalue weighted by atomic mass is 10.0. The van der Waals surface area contributed by atoms with Crippen molar-refractivity contribution in [3.8, 4) is 17.2 Å². The number of hydrogen-bond acceptors (Lipinski definition) is 3. The molecule has 0 unspecified atom stereocenters. The second-order valence-electron chi connectivity index (χ2n) is 6.67. The lowest BCUT2D eigenvalue weighted by Gasteiger charge is -2.12. The van der Waals surface area contributed by atoms with E-state index in [0.717, 1.165) is 35.4 Å². The van der Waals surface area contributed by atoms with Crippen LogP contribution in [0.3, 0.4) is 0 Å². The van der Waals surface area contributed by atoms with Gasteiger partial charge in [-0.25, -0.2) is 0 Å². The molecule has 0 spiro atoms. The van der Waals surface area contributed by atoms with E-state index in [-0.39, 0.29) is 0 Å². The molecule has 0 atom stereocenters. The first kappa shape index (κ1) is 19.4. The zero-order valence-electron chi connectivity index (χ0n) is 16.0. The molecule has 4 aromatic rings. The molecule has 1 N–H and O–H groups in total. The fraction of sp³-hybridized carbons (Fsp3) is 0.125. The summed E-state index contributed by atoms with van der Waals surface area (Å²) in [7, 11) is 0. The molecule has 29 heavy (non-hydrogen) atoms. The summed E-state index contributed by atoms with van der Waals surface area (Å²) in [6.07, 6.45) is 2.93. The Labute approximate surface area is 179 Å². The molecule has 3 nitrogen and oxygen atoms in total. The van der Waals surface area contributed by atoms with Gasteiger partial charge in [0.25, 0.3) is 0 Å². The largest absolute Gasteiger partial charge is 0.370 e. The van der Waals surface area contributed by atoms with Crippen LogP contribution in [0.15, 0.2) is 77.7 Å². The number of benzene rings is 2. The van der Waals surface area contributed by atoms with E-state index in [1.54, 1.807) is 11.8 Å². The molecular weight excluding hydrogens is 398 g/mol. The summed E-state index contributed by atoms with van der Waals surface area (Å²) in [5.41, 5.74) is 4.60. The van der Waals surface area contributed by atoms with Gasteiger partial charge in [0.15, 0.2) is 0 Å². The second-order valence-corrected chi connectivity index (χ2v) is 7.94. The molecule has 144 valence electrons. The van der Waals surface area contributed by atoms with Crippen molar-refractivity contribution in [2.24, 2.45) is 0 Å². The minimum atomic E-state index is 0.577. The second kappa shape index (κ2) is 8.65. The minimum absolute atomic E-state index is 0.577. The van der Waals surface area contributed by atoms with Gasteiger partial charge >= 0.3 is 0 Å². The summed E-state index contributed by atoms with van der Waals surface area (Å²) in [4.78, 5) is 1.19. The summed E-state index contributed by atoms with van der Waals surface area (Å²) in [6, 6.07) is 26.7. The number of pyridine rings is 1. The average molecular weight is 418 g/mol. The van der Waals surface area contributed by atoms with E-state index in [0.29, 0.717) is 10.7 Å². The Morgan fingerprint density at radius 3 is 2.45 bits per heavy atom. The standard InChI is InChI=1S/C24H20ClN3S/c1-29-19-12-10-18(11-13-19)23-20(16-26)21-8-5-9-22(25)28(21)24(23)27-15-14-17-6-3-2-4-7-17/h2-13,27H,14-15H2,1H3. The van der Waals surface area contributed by atoms with E-state index >= 15 is 0 Å². The Bertz CT molecular complexity index is 1170. The van der Waals surface area contributed by atoms with Crippen LogP contribution in [0.25, 0.3) is 16.6 Å². The summed E-state index contributed by atoms with van der Waals surface area (Å²) in [5.74, 6) is 0.856. The molecule has 0 saturated carbocycles. The lowest BCUT2D eigenvalue weighted by Crippen LogP contribution is -2.08. The Morgan fingerprint density at radius 2 is 1.76 bits per heavy atom. The maximum Gasteiger partial charge on any atom is 0.121 e. The molecule has 5 heteroatoms. The number of thioether (sulfide) groups is 1. The highest BCUT2D eigenvalue weighted by Gasteiger charge is 2.21. The predicted octanol–water partition coefficient (Wildman–Crippen LogP) is 6.51. The molecule has 4 rings (SSSR count). The minimum Gasteiger partial charge on any atom is -0.370 e. The molecule has 0 bridgehead atoms. The van der Waals surface area contributed by atoms with Gasteiger partial charge in [-0.05, 0) is 48.1 Å². The van der Waals surface area contributed by atoms with Crippen LogP contribution in [-0.2, 0) is 6.42 Å². The maximum atomic E-state index is 9.95. The summed E-state index contributed by atoms with van der Waals surface area (Å²) < 4.78 is 1.93. The molecule has 0 radical (unpaired) electrons. The molecule has 0 aliphatic carbocycles. The van der Waals surface area contributed by atoms with Crippen molar-refractivity contribution in [3.05, 3.63) is 89.1 Å². The van der Waals surface area contributed by atoms with Gasteiger partial charge in [-0.15, -0.1) is 11.8 Å². The van der Waals surface area contributed by atoms with Crippen LogP contribution in [0.4, 0.5) is 5.82 Å². The van der Waals surface area contributed by atoms with E-state index in [9.17, 15) is 5.26 Å². The van der Waals surface area contributed by atoms with E-state index in [4.69, 9.17) is 11.6 Å². The Hall–Kier alpha value is -2.87. The van der Waals surface area contributed by atoms with E-state index in [2.05, 4.69) is 54.0 Å². The van der Waals surface area contributed by atoms with Gasteiger partial charge < -0.3 is 5.32 Å². The van der Waals surface area contributed by atoms with Gasteiger partial charge in [0.1, 0.15) is 17.0 Å². The van der Waals surface area contributed by atoms with Crippen molar-refractivity contribution >= 4 is 34.7 Å². The molecule has 0 fully saturated rings. The fourth-order valence-electron chi connectivity index (χ4n) is 3.55. The number of fused-ring (bicyclic) bond motifs is 1. The van der Waals surface area contributed by atoms with Crippen LogP contribution in [0.1, 0.15) is 11.1 Å². The molecule has 0 aliphatic rings. The van der Waals surface area contributed by atoms with E-state index < -0.39 is 0 Å². The zero-order valence-corrected chi connectivity index (χ0v) is 17.6. The third kappa shape index (κ3) is 3.85. The number of nitriles is 1. The molecule has 0 saturated heterocycles. The highest BCUT2D eigenvalue weighted by molar-refractivity contribution is 7.98. The lowest BCUT2D eigenvalue weighted by molar-refractivity contribution is 0.999. The summed E-state index contributed by atoms with van der Waals surface area (Å²) >= 11 is 8.24. The monoisotopic (exact) mass is 417 g/mol. The van der Waals surface area contributed by atoms with Gasteiger partial charge in [-0.3, -0.25) is 4.40 Å². The Kier molecular flexibility index (Phi) is 5.80. The molecule has 0 aliphatic heterocycles. The number of anilines is 1. The third-order valence-corrected chi connectivity index (χ3v) is 5.99. The van der Waals surface area contributed by atoms with Crippen LogP contribution < -0.4 is 5.32 Å². The van der Waals surface area contributed by atoms with Gasteiger partial charge in [0.05, 0.1) is 11.1 Å². The average Bonchev–Trinajstić information content (AvgIpc) is 3.09. The van der Waals surface area contributed by atoms with Crippen LogP contribution in [0.2, 0.25) is 5.15 Å². The maximum absolute atomic E-state index is 9.95. The van der Waals surface area contributed by atoms with Crippen LogP contribution in [0.5, 0.6) is 0 Å². The number of rotatable bonds is 6. The van der Waals surface area contributed by atoms with Gasteiger partial charge in [-0.2, -0.15) is 5.26 Å². The molecular formula is C24H20ClN3S. The highest BCUT2D eigenvalue weighted by Crippen LogP contribution is 2.38. The first-order valence-corrected chi connectivity index (χ1v) is 11.0. The van der Waals surface area contributed by atoms with Crippen molar-refractivity contribution in [1.82, 2.24) is 4.40 Å². The number of halogens is 1. The molecule has 2 heterocycles. The zero-order chi connectivity index (χ0) is 20.2. The topological polar surface area (TPSA) is 40.2 Å². The van der Waals surface area contributed by atoms with Crippen molar-refractivity contribution in [1.29, 1.82) is 5.26 Å². The smallest absolute Gasteiger partial charge is 0.121 e. The molecule has 2 aromatic heterocycles. The number of nitrogens with one attached hydrogen (secondary N) is 1. The van der Waals surface area contributed by atoms with Crippen LogP contribution in [-0.4, -0.2) is 17.2 Å². The van der Waals surface area contributed by atoms with E-state index in [1.165, 1.54) is 10.5 Å². The number of nitrogens with zero attached hydrogens (tertiary/aromatic N) is 2. The first-order chi connectivity index (χ1) is 14.2. The van der Waals surface area contributed by atoms with E-state index in [1.807, 2.05) is 40.8 Å². The van der Waals surface area contributed by atoms with Crippen molar-refractivity contribution < 1.29 is 0 Å².